The molecule has 21 heavy (non-hydrogen) atoms. The lowest BCUT2D eigenvalue weighted by atomic mass is 9.86. The standard InChI is InChI=1S/C16H25N3O2/c1-12-10-17-8-5-13(12)6-9-18-15(21)19-14-4-3-7-16(14,2)11-20/h5,8,10,14,20H,3-4,6-7,9,11H2,1-2H3,(H2,18,19,21). The molecule has 2 rings (SSSR count). The molecule has 0 spiro atoms. The van der Waals surface area contributed by atoms with Crippen molar-refractivity contribution < 1.29 is 9.90 Å². The van der Waals surface area contributed by atoms with Crippen molar-refractivity contribution in [2.24, 2.45) is 5.41 Å². The predicted molar refractivity (Wildman–Crippen MR) is 82.0 cm³/mol. The van der Waals surface area contributed by atoms with Gasteiger partial charge in [0, 0.05) is 30.4 Å². The zero-order chi connectivity index (χ0) is 15.3. The molecule has 5 nitrogen and oxygen atoms in total. The molecular weight excluding hydrogens is 266 g/mol. The van der Waals surface area contributed by atoms with Crippen LogP contribution in [0.25, 0.3) is 0 Å². The Bertz CT molecular complexity index is 492. The van der Waals surface area contributed by atoms with E-state index in [1.165, 1.54) is 5.56 Å². The number of urea groups is 1. The van der Waals surface area contributed by atoms with E-state index in [1.54, 1.807) is 6.20 Å². The van der Waals surface area contributed by atoms with Crippen molar-refractivity contribution >= 4 is 6.03 Å². The van der Waals surface area contributed by atoms with Crippen LogP contribution in [0.2, 0.25) is 0 Å². The van der Waals surface area contributed by atoms with Crippen LogP contribution in [0, 0.1) is 12.3 Å². The van der Waals surface area contributed by atoms with E-state index in [1.807, 2.05) is 26.1 Å². The van der Waals surface area contributed by atoms with Gasteiger partial charge in [0.2, 0.25) is 0 Å². The summed E-state index contributed by atoms with van der Waals surface area (Å²) < 4.78 is 0. The fourth-order valence-corrected chi connectivity index (χ4v) is 2.97. The number of carbonyl (C=O) groups is 1. The summed E-state index contributed by atoms with van der Waals surface area (Å²) >= 11 is 0. The van der Waals surface area contributed by atoms with E-state index in [0.717, 1.165) is 31.2 Å². The maximum absolute atomic E-state index is 12.0. The van der Waals surface area contributed by atoms with Gasteiger partial charge in [-0.15, -0.1) is 0 Å². The van der Waals surface area contributed by atoms with E-state index in [9.17, 15) is 9.90 Å². The molecule has 2 unspecified atom stereocenters. The van der Waals surface area contributed by atoms with Crippen LogP contribution in [-0.4, -0.2) is 35.3 Å². The summed E-state index contributed by atoms with van der Waals surface area (Å²) in [6, 6.07) is 1.90. The number of aromatic nitrogens is 1. The highest BCUT2D eigenvalue weighted by Crippen LogP contribution is 2.37. The van der Waals surface area contributed by atoms with Gasteiger partial charge in [0.15, 0.2) is 0 Å². The third-order valence-electron chi connectivity index (χ3n) is 4.56. The van der Waals surface area contributed by atoms with Crippen LogP contribution in [-0.2, 0) is 6.42 Å². The van der Waals surface area contributed by atoms with Crippen molar-refractivity contribution in [3.05, 3.63) is 29.6 Å². The quantitative estimate of drug-likeness (QED) is 0.774. The van der Waals surface area contributed by atoms with E-state index < -0.39 is 0 Å². The number of aryl methyl sites for hydroxylation is 1. The molecule has 1 saturated carbocycles. The number of rotatable bonds is 5. The normalized spacial score (nSPS) is 24.8. The van der Waals surface area contributed by atoms with Gasteiger partial charge in [-0.25, -0.2) is 4.79 Å². The lowest BCUT2D eigenvalue weighted by Crippen LogP contribution is -2.48. The number of pyridine rings is 1. The Balaban J connectivity index is 1.77. The van der Waals surface area contributed by atoms with E-state index in [0.29, 0.717) is 6.54 Å². The topological polar surface area (TPSA) is 74.2 Å². The zero-order valence-electron chi connectivity index (χ0n) is 12.9. The molecule has 0 radical (unpaired) electrons. The molecule has 2 atom stereocenters. The number of amides is 2. The third kappa shape index (κ3) is 3.94. The van der Waals surface area contributed by atoms with Gasteiger partial charge in [-0.2, -0.15) is 0 Å². The Labute approximate surface area is 126 Å². The van der Waals surface area contributed by atoms with E-state index in [2.05, 4.69) is 15.6 Å². The van der Waals surface area contributed by atoms with Gasteiger partial charge in [0.25, 0.3) is 0 Å². The van der Waals surface area contributed by atoms with Crippen molar-refractivity contribution in [2.45, 2.75) is 45.6 Å². The summed E-state index contributed by atoms with van der Waals surface area (Å²) in [6.07, 6.45) is 7.36. The number of hydrogen-bond donors (Lipinski definition) is 3. The molecule has 0 aliphatic heterocycles. The molecule has 116 valence electrons. The third-order valence-corrected chi connectivity index (χ3v) is 4.56. The lowest BCUT2D eigenvalue weighted by Gasteiger charge is -2.30. The molecule has 1 heterocycles. The molecule has 5 heteroatoms. The van der Waals surface area contributed by atoms with Crippen LogP contribution in [0.1, 0.15) is 37.3 Å². The first-order valence-electron chi connectivity index (χ1n) is 7.60. The van der Waals surface area contributed by atoms with Crippen LogP contribution in [0.3, 0.4) is 0 Å². The first kappa shape index (κ1) is 15.8. The molecule has 0 saturated heterocycles. The highest BCUT2D eigenvalue weighted by molar-refractivity contribution is 5.74. The van der Waals surface area contributed by atoms with Gasteiger partial charge in [-0.1, -0.05) is 13.3 Å². The Hall–Kier alpha value is -1.62. The van der Waals surface area contributed by atoms with Gasteiger partial charge in [-0.3, -0.25) is 4.98 Å². The van der Waals surface area contributed by atoms with Gasteiger partial charge >= 0.3 is 6.03 Å². The molecule has 1 aliphatic carbocycles. The largest absolute Gasteiger partial charge is 0.396 e. The average Bonchev–Trinajstić information content (AvgIpc) is 2.83. The summed E-state index contributed by atoms with van der Waals surface area (Å²) in [5.41, 5.74) is 2.16. The summed E-state index contributed by atoms with van der Waals surface area (Å²) in [5, 5.41) is 15.4. The Morgan fingerprint density at radius 1 is 1.57 bits per heavy atom. The minimum absolute atomic E-state index is 0.0603. The molecule has 2 amide bonds. The van der Waals surface area contributed by atoms with E-state index in [-0.39, 0.29) is 24.1 Å². The highest BCUT2D eigenvalue weighted by atomic mass is 16.3. The first-order valence-corrected chi connectivity index (χ1v) is 7.60. The molecule has 1 aliphatic rings. The summed E-state index contributed by atoms with van der Waals surface area (Å²) in [6.45, 7) is 4.77. The number of carbonyl (C=O) groups excluding carboxylic acids is 1. The van der Waals surface area contributed by atoms with Crippen molar-refractivity contribution in [3.8, 4) is 0 Å². The smallest absolute Gasteiger partial charge is 0.315 e. The maximum atomic E-state index is 12.0. The van der Waals surface area contributed by atoms with E-state index in [4.69, 9.17) is 0 Å². The summed E-state index contributed by atoms with van der Waals surface area (Å²) in [7, 11) is 0. The Morgan fingerprint density at radius 2 is 2.38 bits per heavy atom. The number of hydrogen-bond acceptors (Lipinski definition) is 3. The van der Waals surface area contributed by atoms with Crippen LogP contribution < -0.4 is 10.6 Å². The van der Waals surface area contributed by atoms with Crippen LogP contribution in [0.5, 0.6) is 0 Å². The number of aliphatic hydroxyl groups excluding tert-OH is 1. The van der Waals surface area contributed by atoms with Crippen molar-refractivity contribution in [3.63, 3.8) is 0 Å². The first-order chi connectivity index (χ1) is 10.0. The Morgan fingerprint density at radius 3 is 3.10 bits per heavy atom. The van der Waals surface area contributed by atoms with Crippen molar-refractivity contribution in [1.82, 2.24) is 15.6 Å². The second-order valence-corrected chi connectivity index (χ2v) is 6.21. The molecule has 1 aromatic heterocycles. The minimum atomic E-state index is -0.182. The minimum Gasteiger partial charge on any atom is -0.396 e. The molecule has 1 fully saturated rings. The van der Waals surface area contributed by atoms with E-state index >= 15 is 0 Å². The SMILES string of the molecule is Cc1cnccc1CCNC(=O)NC1CCCC1(C)CO. The van der Waals surface area contributed by atoms with Crippen LogP contribution in [0.4, 0.5) is 4.79 Å². The summed E-state index contributed by atoms with van der Waals surface area (Å²) in [4.78, 5) is 16.0. The fraction of sp³-hybridized carbons (Fsp3) is 0.625. The number of nitrogens with zero attached hydrogens (tertiary/aromatic N) is 1. The van der Waals surface area contributed by atoms with Crippen LogP contribution in [0.15, 0.2) is 18.5 Å². The molecule has 1 aromatic rings. The molecular formula is C16H25N3O2. The molecule has 3 N–H and O–H groups in total. The van der Waals surface area contributed by atoms with Gasteiger partial charge in [0.1, 0.15) is 0 Å². The van der Waals surface area contributed by atoms with Gasteiger partial charge in [-0.05, 0) is 43.4 Å². The highest BCUT2D eigenvalue weighted by Gasteiger charge is 2.38. The maximum Gasteiger partial charge on any atom is 0.315 e. The second-order valence-electron chi connectivity index (χ2n) is 6.21. The zero-order valence-corrected chi connectivity index (χ0v) is 12.9. The average molecular weight is 291 g/mol. The lowest BCUT2D eigenvalue weighted by molar-refractivity contribution is 0.121. The predicted octanol–water partition coefficient (Wildman–Crippen LogP) is 1.78. The number of aliphatic hydroxyl groups is 1. The van der Waals surface area contributed by atoms with Crippen molar-refractivity contribution in [1.29, 1.82) is 0 Å². The van der Waals surface area contributed by atoms with Crippen LogP contribution >= 0.6 is 0 Å². The molecule has 0 aromatic carbocycles. The summed E-state index contributed by atoms with van der Waals surface area (Å²) in [5.74, 6) is 0. The van der Waals surface area contributed by atoms with Crippen molar-refractivity contribution in [2.75, 3.05) is 13.2 Å². The van der Waals surface area contributed by atoms with Gasteiger partial charge < -0.3 is 15.7 Å². The monoisotopic (exact) mass is 291 g/mol. The number of nitrogens with one attached hydrogen (secondary N) is 2. The fourth-order valence-electron chi connectivity index (χ4n) is 2.97. The Kier molecular flexibility index (Phi) is 5.17. The molecule has 0 bridgehead atoms. The second kappa shape index (κ2) is 6.89. The van der Waals surface area contributed by atoms with Gasteiger partial charge in [0.05, 0.1) is 6.61 Å².